The maximum absolute atomic E-state index is 13.7. The van der Waals surface area contributed by atoms with Gasteiger partial charge in [-0.15, -0.1) is 0 Å². The molecule has 6 nitrogen and oxygen atoms in total. The van der Waals surface area contributed by atoms with Crippen LogP contribution in [0.5, 0.6) is 0 Å². The molecule has 1 heterocycles. The highest BCUT2D eigenvalue weighted by Gasteiger charge is 2.44. The van der Waals surface area contributed by atoms with E-state index in [0.717, 1.165) is 38.5 Å². The zero-order chi connectivity index (χ0) is 23.1. The number of carbonyl (C=O) groups excluding carboxylic acids is 3. The minimum absolute atomic E-state index is 0.0182. The van der Waals surface area contributed by atoms with Crippen LogP contribution in [0.25, 0.3) is 0 Å². The Balaban J connectivity index is 1.79. The fraction of sp³-hybridized carbons (Fsp3) is 0.654. The first-order valence-electron chi connectivity index (χ1n) is 12.3. The molecule has 6 heteroatoms. The lowest BCUT2D eigenvalue weighted by Gasteiger charge is -2.46. The molecule has 0 aromatic heterocycles. The molecule has 1 unspecified atom stereocenters. The Morgan fingerprint density at radius 1 is 1.09 bits per heavy atom. The number of hydrogen-bond acceptors (Lipinski definition) is 3. The molecule has 1 N–H and O–H groups in total. The van der Waals surface area contributed by atoms with Crippen molar-refractivity contribution in [3.05, 3.63) is 35.9 Å². The molecule has 2 aliphatic rings. The highest BCUT2D eigenvalue weighted by molar-refractivity contribution is 5.93. The molecule has 32 heavy (non-hydrogen) atoms. The van der Waals surface area contributed by atoms with Crippen molar-refractivity contribution in [2.75, 3.05) is 19.6 Å². The van der Waals surface area contributed by atoms with Gasteiger partial charge in [0.2, 0.25) is 17.7 Å². The van der Waals surface area contributed by atoms with Crippen molar-refractivity contribution < 1.29 is 14.4 Å². The first-order valence-corrected chi connectivity index (χ1v) is 12.3. The van der Waals surface area contributed by atoms with Crippen molar-refractivity contribution in [2.24, 2.45) is 11.8 Å². The summed E-state index contributed by atoms with van der Waals surface area (Å²) >= 11 is 0. The molecule has 176 valence electrons. The van der Waals surface area contributed by atoms with Gasteiger partial charge in [0.1, 0.15) is 12.1 Å². The maximum Gasteiger partial charge on any atom is 0.246 e. The Bertz CT molecular complexity index is 776. The zero-order valence-electron chi connectivity index (χ0n) is 19.9. The van der Waals surface area contributed by atoms with Gasteiger partial charge in [-0.3, -0.25) is 14.4 Å². The molecule has 1 aromatic carbocycles. The van der Waals surface area contributed by atoms with E-state index in [0.29, 0.717) is 19.6 Å². The van der Waals surface area contributed by atoms with Gasteiger partial charge in [-0.25, -0.2) is 0 Å². The van der Waals surface area contributed by atoms with Gasteiger partial charge < -0.3 is 15.1 Å². The fourth-order valence-electron chi connectivity index (χ4n) is 5.16. The number of carbonyl (C=O) groups is 3. The van der Waals surface area contributed by atoms with E-state index in [1.807, 2.05) is 41.8 Å². The van der Waals surface area contributed by atoms with E-state index in [2.05, 4.69) is 17.4 Å². The van der Waals surface area contributed by atoms with Crippen LogP contribution in [0.3, 0.4) is 0 Å². The van der Waals surface area contributed by atoms with Crippen molar-refractivity contribution in [3.63, 3.8) is 0 Å². The van der Waals surface area contributed by atoms with Crippen molar-refractivity contribution in [1.29, 1.82) is 0 Å². The monoisotopic (exact) mass is 441 g/mol. The van der Waals surface area contributed by atoms with E-state index >= 15 is 0 Å². The third-order valence-electron chi connectivity index (χ3n) is 7.24. The topological polar surface area (TPSA) is 69.7 Å². The molecule has 3 amide bonds. The summed E-state index contributed by atoms with van der Waals surface area (Å²) in [6.45, 7) is 7.23. The zero-order valence-corrected chi connectivity index (χ0v) is 19.9. The maximum atomic E-state index is 13.7. The molecule has 3 rings (SSSR count). The number of nitrogens with zero attached hydrogens (tertiary/aromatic N) is 2. The highest BCUT2D eigenvalue weighted by atomic mass is 16.2. The summed E-state index contributed by atoms with van der Waals surface area (Å²) in [6, 6.07) is 9.24. The van der Waals surface area contributed by atoms with Gasteiger partial charge >= 0.3 is 0 Å². The molecule has 1 saturated heterocycles. The largest absolute Gasteiger partial charge is 0.344 e. The van der Waals surface area contributed by atoms with E-state index in [1.54, 1.807) is 0 Å². The van der Waals surface area contributed by atoms with Crippen molar-refractivity contribution >= 4 is 17.7 Å². The second-order valence-electron chi connectivity index (χ2n) is 9.50. The Labute approximate surface area is 192 Å². The van der Waals surface area contributed by atoms with Crippen molar-refractivity contribution in [2.45, 2.75) is 77.8 Å². The normalized spacial score (nSPS) is 21.8. The van der Waals surface area contributed by atoms with Crippen molar-refractivity contribution in [1.82, 2.24) is 15.1 Å². The first-order chi connectivity index (χ1) is 15.4. The van der Waals surface area contributed by atoms with Gasteiger partial charge in [-0.05, 0) is 36.7 Å². The summed E-state index contributed by atoms with van der Waals surface area (Å²) < 4.78 is 0. The van der Waals surface area contributed by atoms with Crippen LogP contribution < -0.4 is 5.32 Å². The standard InChI is InChI=1S/C26H39N3O3/c1-4-19(2)23(27-20(3)30)25(31)29-18-17-28(16-15-21-11-7-5-8-12-21)26(32)24(29)22-13-9-6-10-14-22/h5,7-8,11-12,19,22-24H,4,6,9-10,13-18H2,1-3H3,(H,27,30)/t19?,23-,24-/m1/s1. The second-order valence-corrected chi connectivity index (χ2v) is 9.50. The summed E-state index contributed by atoms with van der Waals surface area (Å²) in [5.41, 5.74) is 1.22. The molecule has 1 aliphatic carbocycles. The van der Waals surface area contributed by atoms with Crippen LogP contribution >= 0.6 is 0 Å². The van der Waals surface area contributed by atoms with Gasteiger partial charge in [0.25, 0.3) is 0 Å². The highest BCUT2D eigenvalue weighted by Crippen LogP contribution is 2.32. The number of nitrogens with one attached hydrogen (secondary N) is 1. The lowest BCUT2D eigenvalue weighted by Crippen LogP contribution is -2.65. The van der Waals surface area contributed by atoms with Gasteiger partial charge in [0.05, 0.1) is 0 Å². The molecule has 2 fully saturated rings. The predicted molar refractivity (Wildman–Crippen MR) is 126 cm³/mol. The summed E-state index contributed by atoms with van der Waals surface area (Å²) in [5.74, 6) is 0.00397. The predicted octanol–water partition coefficient (Wildman–Crippen LogP) is 3.40. The fourth-order valence-corrected chi connectivity index (χ4v) is 5.16. The number of benzene rings is 1. The smallest absolute Gasteiger partial charge is 0.246 e. The third kappa shape index (κ3) is 5.90. The Kier molecular flexibility index (Phi) is 8.71. The molecule has 1 saturated carbocycles. The summed E-state index contributed by atoms with van der Waals surface area (Å²) in [5, 5.41) is 2.87. The van der Waals surface area contributed by atoms with Crippen molar-refractivity contribution in [3.8, 4) is 0 Å². The van der Waals surface area contributed by atoms with Gasteiger partial charge in [-0.2, -0.15) is 0 Å². The number of piperazine rings is 1. The SMILES string of the molecule is CCC(C)[C@@H](NC(C)=O)C(=O)N1CCN(CCc2ccccc2)C(=O)[C@H]1C1CCCCC1. The van der Waals surface area contributed by atoms with E-state index in [-0.39, 0.29) is 29.6 Å². The molecule has 0 spiro atoms. The minimum atomic E-state index is -0.577. The molecular formula is C26H39N3O3. The number of rotatable bonds is 8. The molecular weight excluding hydrogens is 402 g/mol. The lowest BCUT2D eigenvalue weighted by molar-refractivity contribution is -0.157. The van der Waals surface area contributed by atoms with E-state index in [1.165, 1.54) is 18.9 Å². The van der Waals surface area contributed by atoms with Gasteiger partial charge in [0, 0.05) is 26.6 Å². The van der Waals surface area contributed by atoms with Crippen LogP contribution in [-0.2, 0) is 20.8 Å². The molecule has 1 aliphatic heterocycles. The third-order valence-corrected chi connectivity index (χ3v) is 7.24. The average molecular weight is 442 g/mol. The van der Waals surface area contributed by atoms with Crippen LogP contribution in [-0.4, -0.2) is 59.2 Å². The van der Waals surface area contributed by atoms with Gasteiger partial charge in [-0.1, -0.05) is 69.9 Å². The number of hydrogen-bond donors (Lipinski definition) is 1. The van der Waals surface area contributed by atoms with Crippen LogP contribution in [0.2, 0.25) is 0 Å². The quantitative estimate of drug-likeness (QED) is 0.672. The first kappa shape index (κ1) is 24.3. The van der Waals surface area contributed by atoms with Crippen LogP contribution in [0.1, 0.15) is 64.9 Å². The summed E-state index contributed by atoms with van der Waals surface area (Å²) in [7, 11) is 0. The van der Waals surface area contributed by atoms with Crippen LogP contribution in [0.4, 0.5) is 0 Å². The van der Waals surface area contributed by atoms with Crippen LogP contribution in [0, 0.1) is 11.8 Å². The Morgan fingerprint density at radius 3 is 2.41 bits per heavy atom. The summed E-state index contributed by atoms with van der Waals surface area (Å²) in [4.78, 5) is 42.9. The molecule has 0 bridgehead atoms. The lowest BCUT2D eigenvalue weighted by atomic mass is 9.81. The minimum Gasteiger partial charge on any atom is -0.344 e. The van der Waals surface area contributed by atoms with Crippen LogP contribution in [0.15, 0.2) is 30.3 Å². The Hall–Kier alpha value is -2.37. The number of amides is 3. The average Bonchev–Trinajstić information content (AvgIpc) is 2.81. The molecule has 0 radical (unpaired) electrons. The second kappa shape index (κ2) is 11.5. The molecule has 3 atom stereocenters. The molecule has 1 aromatic rings. The van der Waals surface area contributed by atoms with E-state index in [4.69, 9.17) is 0 Å². The van der Waals surface area contributed by atoms with Gasteiger partial charge in [0.15, 0.2) is 0 Å². The van der Waals surface area contributed by atoms with E-state index < -0.39 is 12.1 Å². The van der Waals surface area contributed by atoms with E-state index in [9.17, 15) is 14.4 Å². The summed E-state index contributed by atoms with van der Waals surface area (Å²) in [6.07, 6.45) is 7.00. The Morgan fingerprint density at radius 2 is 1.78 bits per heavy atom.